The maximum absolute atomic E-state index is 12.2. The maximum Gasteiger partial charge on any atom is 0.268 e. The third-order valence-electron chi connectivity index (χ3n) is 3.54. The molecule has 2 aromatic carbocycles. The Labute approximate surface area is 148 Å². The van der Waals surface area contributed by atoms with Crippen molar-refractivity contribution in [3.05, 3.63) is 71.8 Å². The summed E-state index contributed by atoms with van der Waals surface area (Å²) in [7, 11) is 0. The molecule has 0 aliphatic rings. The van der Waals surface area contributed by atoms with E-state index in [1.165, 1.54) is 0 Å². The van der Waals surface area contributed by atoms with Gasteiger partial charge in [0.2, 0.25) is 0 Å². The normalized spacial score (nSPS) is 11.6. The second kappa shape index (κ2) is 10.4. The van der Waals surface area contributed by atoms with Gasteiger partial charge < -0.3 is 9.47 Å². The molecule has 2 rings (SSSR count). The first kappa shape index (κ1) is 18.8. The molecule has 1 unspecified atom stereocenters. The molecule has 0 saturated heterocycles. The predicted molar refractivity (Wildman–Crippen MR) is 98.6 cm³/mol. The number of nitrogens with zero attached hydrogens (tertiary/aromatic N) is 1. The van der Waals surface area contributed by atoms with Gasteiger partial charge in [-0.25, -0.2) is 5.43 Å². The lowest BCUT2D eigenvalue weighted by Crippen LogP contribution is -2.33. The standard InChI is InChI=1S/C20H24N2O3/c1-3-24-14-15-25-16(2)20(23)22-21-19(17-10-6-4-7-11-17)18-12-8-5-9-13-18/h4-13,16H,3,14-15H2,1-2H3,(H,22,23). The number of ether oxygens (including phenoxy) is 2. The molecule has 1 N–H and O–H groups in total. The Kier molecular flexibility index (Phi) is 7.82. The highest BCUT2D eigenvalue weighted by Gasteiger charge is 2.14. The van der Waals surface area contributed by atoms with Gasteiger partial charge in [0.15, 0.2) is 0 Å². The molecule has 2 aromatic rings. The maximum atomic E-state index is 12.2. The summed E-state index contributed by atoms with van der Waals surface area (Å²) in [5.41, 5.74) is 5.17. The summed E-state index contributed by atoms with van der Waals surface area (Å²) in [4.78, 5) is 12.2. The summed E-state index contributed by atoms with van der Waals surface area (Å²) in [6.45, 7) is 5.08. The van der Waals surface area contributed by atoms with Crippen molar-refractivity contribution in [3.8, 4) is 0 Å². The SMILES string of the molecule is CCOCCOC(C)C(=O)NN=C(c1ccccc1)c1ccccc1. The van der Waals surface area contributed by atoms with Crippen LogP contribution in [0, 0.1) is 0 Å². The minimum atomic E-state index is -0.600. The van der Waals surface area contributed by atoms with Gasteiger partial charge in [-0.2, -0.15) is 5.10 Å². The van der Waals surface area contributed by atoms with Crippen molar-refractivity contribution in [2.75, 3.05) is 19.8 Å². The summed E-state index contributed by atoms with van der Waals surface area (Å²) >= 11 is 0. The molecule has 1 amide bonds. The van der Waals surface area contributed by atoms with Crippen LogP contribution < -0.4 is 5.43 Å². The first-order valence-electron chi connectivity index (χ1n) is 8.40. The van der Waals surface area contributed by atoms with Crippen LogP contribution in [0.2, 0.25) is 0 Å². The third-order valence-corrected chi connectivity index (χ3v) is 3.54. The van der Waals surface area contributed by atoms with Crippen LogP contribution in [-0.2, 0) is 14.3 Å². The fraction of sp³-hybridized carbons (Fsp3) is 0.300. The molecule has 5 nitrogen and oxygen atoms in total. The Bertz CT molecular complexity index is 630. The van der Waals surface area contributed by atoms with E-state index < -0.39 is 6.10 Å². The molecule has 0 aromatic heterocycles. The van der Waals surface area contributed by atoms with Gasteiger partial charge >= 0.3 is 0 Å². The number of hydrazone groups is 1. The molecule has 25 heavy (non-hydrogen) atoms. The van der Waals surface area contributed by atoms with Gasteiger partial charge in [-0.05, 0) is 13.8 Å². The molecule has 0 saturated carbocycles. The van der Waals surface area contributed by atoms with E-state index in [4.69, 9.17) is 9.47 Å². The molecule has 0 aliphatic heterocycles. The Morgan fingerprint density at radius 1 is 1.00 bits per heavy atom. The molecule has 1 atom stereocenters. The average molecular weight is 340 g/mol. The van der Waals surface area contributed by atoms with Crippen LogP contribution in [0.3, 0.4) is 0 Å². The fourth-order valence-electron chi connectivity index (χ4n) is 2.19. The number of rotatable bonds is 9. The highest BCUT2D eigenvalue weighted by molar-refractivity contribution is 6.13. The molecule has 5 heteroatoms. The van der Waals surface area contributed by atoms with E-state index in [9.17, 15) is 4.79 Å². The Hall–Kier alpha value is -2.50. The van der Waals surface area contributed by atoms with Crippen LogP contribution >= 0.6 is 0 Å². The number of amides is 1. The number of hydrogen-bond donors (Lipinski definition) is 1. The zero-order chi connectivity index (χ0) is 17.9. The Balaban J connectivity index is 2.06. The summed E-state index contributed by atoms with van der Waals surface area (Å²) < 4.78 is 10.6. The van der Waals surface area contributed by atoms with Crippen molar-refractivity contribution < 1.29 is 14.3 Å². The number of carbonyl (C=O) groups is 1. The van der Waals surface area contributed by atoms with Crippen LogP contribution in [0.5, 0.6) is 0 Å². The largest absolute Gasteiger partial charge is 0.379 e. The van der Waals surface area contributed by atoms with Crippen LogP contribution in [0.1, 0.15) is 25.0 Å². The van der Waals surface area contributed by atoms with Gasteiger partial charge in [0, 0.05) is 17.7 Å². The highest BCUT2D eigenvalue weighted by atomic mass is 16.5. The van der Waals surface area contributed by atoms with E-state index in [-0.39, 0.29) is 5.91 Å². The van der Waals surface area contributed by atoms with Gasteiger partial charge in [-0.1, -0.05) is 60.7 Å². The lowest BCUT2D eigenvalue weighted by Gasteiger charge is -2.12. The van der Waals surface area contributed by atoms with Gasteiger partial charge in [0.1, 0.15) is 6.10 Å². The van der Waals surface area contributed by atoms with E-state index in [1.807, 2.05) is 67.6 Å². The van der Waals surface area contributed by atoms with Crippen LogP contribution in [0.15, 0.2) is 65.8 Å². The average Bonchev–Trinajstić information content (AvgIpc) is 2.67. The van der Waals surface area contributed by atoms with Crippen molar-refractivity contribution in [1.29, 1.82) is 0 Å². The molecule has 0 heterocycles. The summed E-state index contributed by atoms with van der Waals surface area (Å²) in [5.74, 6) is -0.291. The van der Waals surface area contributed by atoms with Crippen molar-refractivity contribution in [3.63, 3.8) is 0 Å². The van der Waals surface area contributed by atoms with E-state index in [0.717, 1.165) is 11.1 Å². The number of benzene rings is 2. The minimum absolute atomic E-state index is 0.291. The molecular formula is C20H24N2O3. The second-order valence-electron chi connectivity index (χ2n) is 5.38. The van der Waals surface area contributed by atoms with Gasteiger partial charge in [-0.15, -0.1) is 0 Å². The van der Waals surface area contributed by atoms with Gasteiger partial charge in [0.25, 0.3) is 5.91 Å². The highest BCUT2D eigenvalue weighted by Crippen LogP contribution is 2.10. The van der Waals surface area contributed by atoms with Crippen LogP contribution in [-0.4, -0.2) is 37.5 Å². The second-order valence-corrected chi connectivity index (χ2v) is 5.38. The Morgan fingerprint density at radius 3 is 2.08 bits per heavy atom. The molecular weight excluding hydrogens is 316 g/mol. The van der Waals surface area contributed by atoms with Crippen molar-refractivity contribution in [1.82, 2.24) is 5.43 Å². The monoisotopic (exact) mass is 340 g/mol. The van der Waals surface area contributed by atoms with E-state index in [0.29, 0.717) is 25.5 Å². The minimum Gasteiger partial charge on any atom is -0.379 e. The zero-order valence-electron chi connectivity index (χ0n) is 14.6. The molecule has 132 valence electrons. The van der Waals surface area contributed by atoms with Crippen LogP contribution in [0.4, 0.5) is 0 Å². The summed E-state index contributed by atoms with van der Waals surface area (Å²) in [6, 6.07) is 19.5. The van der Waals surface area contributed by atoms with E-state index in [2.05, 4.69) is 10.5 Å². The smallest absolute Gasteiger partial charge is 0.268 e. The molecule has 0 aliphatic carbocycles. The third kappa shape index (κ3) is 6.14. The Morgan fingerprint density at radius 2 is 1.56 bits per heavy atom. The van der Waals surface area contributed by atoms with Crippen molar-refractivity contribution in [2.24, 2.45) is 5.10 Å². The first-order valence-corrected chi connectivity index (χ1v) is 8.40. The van der Waals surface area contributed by atoms with E-state index >= 15 is 0 Å². The topological polar surface area (TPSA) is 59.9 Å². The lowest BCUT2D eigenvalue weighted by molar-refractivity contribution is -0.132. The lowest BCUT2D eigenvalue weighted by atomic mass is 10.0. The van der Waals surface area contributed by atoms with Gasteiger partial charge in [-0.3, -0.25) is 4.79 Å². The number of nitrogens with one attached hydrogen (secondary N) is 1. The number of carbonyl (C=O) groups excluding carboxylic acids is 1. The zero-order valence-corrected chi connectivity index (χ0v) is 14.6. The van der Waals surface area contributed by atoms with E-state index in [1.54, 1.807) is 6.92 Å². The molecule has 0 radical (unpaired) electrons. The molecule has 0 spiro atoms. The summed E-state index contributed by atoms with van der Waals surface area (Å²) in [5, 5.41) is 4.34. The van der Waals surface area contributed by atoms with Crippen LogP contribution in [0.25, 0.3) is 0 Å². The van der Waals surface area contributed by atoms with Crippen molar-refractivity contribution in [2.45, 2.75) is 20.0 Å². The summed E-state index contributed by atoms with van der Waals surface area (Å²) in [6.07, 6.45) is -0.600. The predicted octanol–water partition coefficient (Wildman–Crippen LogP) is 3.00. The quantitative estimate of drug-likeness (QED) is 0.434. The van der Waals surface area contributed by atoms with Gasteiger partial charge in [0.05, 0.1) is 18.9 Å². The molecule has 0 fully saturated rings. The number of hydrogen-bond acceptors (Lipinski definition) is 4. The first-order chi connectivity index (χ1) is 12.2. The molecule has 0 bridgehead atoms. The fourth-order valence-corrected chi connectivity index (χ4v) is 2.19. The van der Waals surface area contributed by atoms with Crippen molar-refractivity contribution >= 4 is 11.6 Å².